The van der Waals surface area contributed by atoms with E-state index in [0.717, 1.165) is 5.56 Å². The van der Waals surface area contributed by atoms with Gasteiger partial charge >= 0.3 is 6.03 Å². The number of aliphatic hydroxyl groups excluding tert-OH is 1. The number of urea groups is 1. The molecule has 2 saturated heterocycles. The van der Waals surface area contributed by atoms with Crippen molar-refractivity contribution in [2.45, 2.75) is 50.5 Å². The van der Waals surface area contributed by atoms with Crippen LogP contribution in [0.3, 0.4) is 0 Å². The van der Waals surface area contributed by atoms with Crippen molar-refractivity contribution in [3.63, 3.8) is 0 Å². The van der Waals surface area contributed by atoms with Crippen LogP contribution in [0.4, 0.5) is 16.7 Å². The Hall–Kier alpha value is -3.25. The van der Waals surface area contributed by atoms with Crippen LogP contribution in [-0.2, 0) is 4.74 Å². The SMILES string of the molecule is C[C@H]1COCCN1c1nc(OC2CC(N(C)C(=O)N3CC[C@@H](O)C3)C2)cc(-c2cnc(N)nc2)n1. The molecule has 12 heteroatoms. The second-order valence-electron chi connectivity index (χ2n) is 9.49. The predicted octanol–water partition coefficient (Wildman–Crippen LogP) is 0.769. The molecule has 2 amide bonds. The summed E-state index contributed by atoms with van der Waals surface area (Å²) in [7, 11) is 1.82. The Kier molecular flexibility index (Phi) is 6.56. The minimum Gasteiger partial charge on any atom is -0.474 e. The minimum atomic E-state index is -0.424. The first-order valence-electron chi connectivity index (χ1n) is 12.0. The summed E-state index contributed by atoms with van der Waals surface area (Å²) >= 11 is 0. The second-order valence-corrected chi connectivity index (χ2v) is 9.49. The van der Waals surface area contributed by atoms with Crippen molar-refractivity contribution in [3.8, 4) is 17.1 Å². The molecule has 2 aromatic rings. The molecule has 0 unspecified atom stereocenters. The van der Waals surface area contributed by atoms with Gasteiger partial charge in [0.15, 0.2) is 0 Å². The highest BCUT2D eigenvalue weighted by molar-refractivity contribution is 5.75. The number of hydrogen-bond acceptors (Lipinski definition) is 10. The Morgan fingerprint density at radius 1 is 1.26 bits per heavy atom. The van der Waals surface area contributed by atoms with E-state index in [1.807, 2.05) is 7.05 Å². The highest BCUT2D eigenvalue weighted by Crippen LogP contribution is 2.32. The van der Waals surface area contributed by atoms with E-state index in [2.05, 4.69) is 21.8 Å². The second kappa shape index (κ2) is 9.78. The third kappa shape index (κ3) is 5.08. The van der Waals surface area contributed by atoms with Crippen LogP contribution in [0.1, 0.15) is 26.2 Å². The molecule has 0 bridgehead atoms. The lowest BCUT2D eigenvalue weighted by Crippen LogP contribution is -2.53. The van der Waals surface area contributed by atoms with Crippen LogP contribution >= 0.6 is 0 Å². The van der Waals surface area contributed by atoms with Crippen molar-refractivity contribution in [2.75, 3.05) is 50.5 Å². The first-order valence-corrected chi connectivity index (χ1v) is 12.0. The van der Waals surface area contributed by atoms with Crippen molar-refractivity contribution in [3.05, 3.63) is 18.5 Å². The Morgan fingerprint density at radius 3 is 2.71 bits per heavy atom. The van der Waals surface area contributed by atoms with Gasteiger partial charge in [-0.1, -0.05) is 0 Å². The van der Waals surface area contributed by atoms with Crippen LogP contribution in [0.25, 0.3) is 11.3 Å². The zero-order valence-electron chi connectivity index (χ0n) is 20.1. The van der Waals surface area contributed by atoms with E-state index in [0.29, 0.717) is 69.6 Å². The normalized spacial score (nSPS) is 26.4. The van der Waals surface area contributed by atoms with E-state index < -0.39 is 6.10 Å². The van der Waals surface area contributed by atoms with E-state index in [4.69, 9.17) is 25.2 Å². The number of aromatic nitrogens is 4. The van der Waals surface area contributed by atoms with Gasteiger partial charge in [0.05, 0.1) is 31.1 Å². The summed E-state index contributed by atoms with van der Waals surface area (Å²) in [6.07, 6.45) is 4.85. The van der Waals surface area contributed by atoms with Crippen molar-refractivity contribution in [1.29, 1.82) is 0 Å². The fourth-order valence-corrected chi connectivity index (χ4v) is 4.66. The largest absolute Gasteiger partial charge is 0.474 e. The first kappa shape index (κ1) is 23.5. The van der Waals surface area contributed by atoms with Crippen molar-refractivity contribution in [2.24, 2.45) is 0 Å². The molecule has 0 aromatic carbocycles. The average Bonchev–Trinajstić information content (AvgIpc) is 3.27. The van der Waals surface area contributed by atoms with Crippen LogP contribution in [-0.4, -0.2) is 105 Å². The molecule has 4 heterocycles. The third-order valence-corrected chi connectivity index (χ3v) is 6.92. The Labute approximate surface area is 204 Å². The number of nitrogens with two attached hydrogens (primary N) is 1. The Bertz CT molecular complexity index is 1050. The van der Waals surface area contributed by atoms with Crippen molar-refractivity contribution in [1.82, 2.24) is 29.7 Å². The van der Waals surface area contributed by atoms with E-state index in [-0.39, 0.29) is 30.2 Å². The first-order chi connectivity index (χ1) is 16.9. The highest BCUT2D eigenvalue weighted by atomic mass is 16.5. The number of nitrogen functional groups attached to an aromatic ring is 1. The molecule has 3 N–H and O–H groups in total. The molecular formula is C23H32N8O4. The number of nitrogens with zero attached hydrogens (tertiary/aromatic N) is 7. The molecule has 0 spiro atoms. The van der Waals surface area contributed by atoms with Crippen LogP contribution in [0.5, 0.6) is 5.88 Å². The van der Waals surface area contributed by atoms with Gasteiger partial charge in [-0.25, -0.2) is 19.7 Å². The maximum absolute atomic E-state index is 12.7. The number of anilines is 2. The number of morpholine rings is 1. The molecular weight excluding hydrogens is 452 g/mol. The summed E-state index contributed by atoms with van der Waals surface area (Å²) in [6.45, 7) is 4.97. The van der Waals surface area contributed by atoms with Gasteiger partial charge in [-0.3, -0.25) is 0 Å². The number of likely N-dealkylation sites (tertiary alicyclic amines) is 1. The smallest absolute Gasteiger partial charge is 0.320 e. The number of aliphatic hydroxyl groups is 1. The number of carbonyl (C=O) groups is 1. The van der Waals surface area contributed by atoms with E-state index in [9.17, 15) is 9.90 Å². The average molecular weight is 485 g/mol. The summed E-state index contributed by atoms with van der Waals surface area (Å²) in [5.41, 5.74) is 7.02. The maximum atomic E-state index is 12.7. The molecule has 3 fully saturated rings. The summed E-state index contributed by atoms with van der Waals surface area (Å²) in [6, 6.07) is 1.97. The highest BCUT2D eigenvalue weighted by Gasteiger charge is 2.38. The fraction of sp³-hybridized carbons (Fsp3) is 0.609. The minimum absolute atomic E-state index is 0.0405. The zero-order valence-corrected chi connectivity index (χ0v) is 20.1. The third-order valence-electron chi connectivity index (χ3n) is 6.92. The van der Waals surface area contributed by atoms with Gasteiger partial charge in [-0.05, 0) is 13.3 Å². The van der Waals surface area contributed by atoms with E-state index in [1.54, 1.807) is 28.3 Å². The van der Waals surface area contributed by atoms with Gasteiger partial charge in [0.2, 0.25) is 17.8 Å². The number of hydrogen-bond donors (Lipinski definition) is 2. The molecule has 2 atom stereocenters. The molecule has 1 aliphatic carbocycles. The van der Waals surface area contributed by atoms with Crippen LogP contribution < -0.4 is 15.4 Å². The Morgan fingerprint density at radius 2 is 2.03 bits per heavy atom. The summed E-state index contributed by atoms with van der Waals surface area (Å²) in [4.78, 5) is 35.9. The summed E-state index contributed by atoms with van der Waals surface area (Å²) < 4.78 is 11.8. The molecule has 188 valence electrons. The molecule has 3 aliphatic rings. The maximum Gasteiger partial charge on any atom is 0.320 e. The number of rotatable bonds is 5. The predicted molar refractivity (Wildman–Crippen MR) is 128 cm³/mol. The topological polar surface area (TPSA) is 143 Å². The number of β-amino-alcohol motifs (C(OH)–C–C–N with tert-alkyl or cyclic N) is 1. The molecule has 0 radical (unpaired) electrons. The quantitative estimate of drug-likeness (QED) is 0.624. The van der Waals surface area contributed by atoms with Gasteiger partial charge in [-0.15, -0.1) is 0 Å². The molecule has 2 aliphatic heterocycles. The lowest BCUT2D eigenvalue weighted by atomic mass is 9.88. The monoisotopic (exact) mass is 484 g/mol. The van der Waals surface area contributed by atoms with Crippen LogP contribution in [0.2, 0.25) is 0 Å². The van der Waals surface area contributed by atoms with E-state index in [1.165, 1.54) is 0 Å². The van der Waals surface area contributed by atoms with Crippen LogP contribution in [0, 0.1) is 0 Å². The lowest BCUT2D eigenvalue weighted by molar-refractivity contribution is 0.0333. The molecule has 35 heavy (non-hydrogen) atoms. The molecule has 12 nitrogen and oxygen atoms in total. The summed E-state index contributed by atoms with van der Waals surface area (Å²) in [5.74, 6) is 1.24. The standard InChI is InChI=1S/C23H32N8O4/c1-14-13-34-6-5-31(14)22-27-19(15-10-25-21(24)26-11-15)9-20(28-22)35-18-7-16(8-18)29(2)23(33)30-4-3-17(32)12-30/h9-11,14,16-18,32H,3-8,12-13H2,1-2H3,(H2,24,25,26)/t14-,16?,17+,18?/m0/s1. The van der Waals surface area contributed by atoms with Crippen molar-refractivity contribution >= 4 is 17.9 Å². The zero-order chi connectivity index (χ0) is 24.5. The van der Waals surface area contributed by atoms with Gasteiger partial charge in [0.25, 0.3) is 0 Å². The number of carbonyl (C=O) groups excluding carboxylic acids is 1. The molecule has 5 rings (SSSR count). The number of ether oxygens (including phenoxy) is 2. The van der Waals surface area contributed by atoms with Crippen LogP contribution in [0.15, 0.2) is 18.5 Å². The lowest BCUT2D eigenvalue weighted by Gasteiger charge is -2.41. The van der Waals surface area contributed by atoms with Gasteiger partial charge in [-0.2, -0.15) is 4.98 Å². The fourth-order valence-electron chi connectivity index (χ4n) is 4.66. The molecule has 2 aromatic heterocycles. The van der Waals surface area contributed by atoms with Gasteiger partial charge in [0, 0.05) is 69.6 Å². The van der Waals surface area contributed by atoms with E-state index >= 15 is 0 Å². The van der Waals surface area contributed by atoms with Gasteiger partial charge < -0.3 is 35.0 Å². The van der Waals surface area contributed by atoms with Crippen molar-refractivity contribution < 1.29 is 19.4 Å². The number of amides is 2. The Balaban J connectivity index is 1.29. The summed E-state index contributed by atoms with van der Waals surface area (Å²) in [5, 5.41) is 9.73. The molecule has 1 saturated carbocycles. The van der Waals surface area contributed by atoms with Gasteiger partial charge in [0.1, 0.15) is 6.10 Å².